The Morgan fingerprint density at radius 3 is 2.88 bits per heavy atom. The van der Waals surface area contributed by atoms with E-state index in [4.69, 9.17) is 5.11 Å². The molecule has 0 radical (unpaired) electrons. The molecule has 1 rings (SSSR count). The Balaban J connectivity index is 2.43. The normalized spacial score (nSPS) is 10.4. The molecule has 86 valence electrons. The monoisotopic (exact) mass is 224 g/mol. The molecule has 0 aromatic heterocycles. The first kappa shape index (κ1) is 12.2. The van der Waals surface area contributed by atoms with Crippen molar-refractivity contribution in [1.82, 2.24) is 10.6 Å². The number of urea groups is 1. The molecule has 1 aromatic carbocycles. The number of aliphatic hydroxyl groups excluding tert-OH is 1. The molecule has 0 bridgehead atoms. The number of nitrogens with one attached hydrogen (secondary N) is 2. The zero-order chi connectivity index (χ0) is 11.8. The standard InChI is InChI=1S/C11H13FN2O2/c12-10-4-2-1-3-9(10)5-6-13-11(16)14-7-8-15/h1-6,15H,7-8H2,(H2,13,14,16)/b6-5+. The van der Waals surface area contributed by atoms with Crippen molar-refractivity contribution in [3.8, 4) is 0 Å². The van der Waals surface area contributed by atoms with Crippen LogP contribution in [0.5, 0.6) is 0 Å². The summed E-state index contributed by atoms with van der Waals surface area (Å²) < 4.78 is 13.1. The summed E-state index contributed by atoms with van der Waals surface area (Å²) in [4.78, 5) is 11.0. The second-order valence-electron chi connectivity index (χ2n) is 2.98. The van der Waals surface area contributed by atoms with Crippen LogP contribution in [0.3, 0.4) is 0 Å². The molecule has 0 spiro atoms. The van der Waals surface area contributed by atoms with Crippen LogP contribution in [0.2, 0.25) is 0 Å². The fraction of sp³-hybridized carbons (Fsp3) is 0.182. The first-order valence-corrected chi connectivity index (χ1v) is 4.80. The first-order valence-electron chi connectivity index (χ1n) is 4.80. The van der Waals surface area contributed by atoms with E-state index in [1.165, 1.54) is 18.3 Å². The number of carbonyl (C=O) groups excluding carboxylic acids is 1. The van der Waals surface area contributed by atoms with Gasteiger partial charge in [-0.1, -0.05) is 18.2 Å². The maximum atomic E-state index is 13.1. The van der Waals surface area contributed by atoms with Gasteiger partial charge in [0.2, 0.25) is 0 Å². The third kappa shape index (κ3) is 4.10. The molecule has 0 saturated carbocycles. The number of carbonyl (C=O) groups is 1. The van der Waals surface area contributed by atoms with Crippen molar-refractivity contribution in [2.24, 2.45) is 0 Å². The lowest BCUT2D eigenvalue weighted by Crippen LogP contribution is -2.33. The van der Waals surface area contributed by atoms with Gasteiger partial charge in [0.1, 0.15) is 5.82 Å². The van der Waals surface area contributed by atoms with Crippen LogP contribution < -0.4 is 10.6 Å². The fourth-order valence-corrected chi connectivity index (χ4v) is 1.04. The number of halogens is 1. The maximum Gasteiger partial charge on any atom is 0.318 e. The molecule has 0 aliphatic heterocycles. The summed E-state index contributed by atoms with van der Waals surface area (Å²) in [5.41, 5.74) is 0.393. The highest BCUT2D eigenvalue weighted by Crippen LogP contribution is 2.07. The number of hydrogen-bond donors (Lipinski definition) is 3. The second kappa shape index (κ2) is 6.58. The molecule has 2 amide bonds. The van der Waals surface area contributed by atoms with E-state index >= 15 is 0 Å². The van der Waals surface area contributed by atoms with Gasteiger partial charge in [0, 0.05) is 18.3 Å². The molecule has 5 heteroatoms. The van der Waals surface area contributed by atoms with Gasteiger partial charge in [-0.2, -0.15) is 0 Å². The third-order valence-electron chi connectivity index (χ3n) is 1.78. The number of benzene rings is 1. The van der Waals surface area contributed by atoms with Crippen molar-refractivity contribution in [1.29, 1.82) is 0 Å². The Morgan fingerprint density at radius 1 is 1.44 bits per heavy atom. The summed E-state index contributed by atoms with van der Waals surface area (Å²) in [5.74, 6) is -0.351. The van der Waals surface area contributed by atoms with Gasteiger partial charge in [-0.15, -0.1) is 0 Å². The summed E-state index contributed by atoms with van der Waals surface area (Å²) in [7, 11) is 0. The van der Waals surface area contributed by atoms with Crippen LogP contribution in [0.15, 0.2) is 30.5 Å². The lowest BCUT2D eigenvalue weighted by molar-refractivity contribution is 0.237. The van der Waals surface area contributed by atoms with Crippen LogP contribution in [-0.4, -0.2) is 24.3 Å². The maximum absolute atomic E-state index is 13.1. The topological polar surface area (TPSA) is 61.4 Å². The van der Waals surface area contributed by atoms with Gasteiger partial charge >= 0.3 is 6.03 Å². The SMILES string of the molecule is O=C(N/C=C/c1ccccc1F)NCCO. The Hall–Kier alpha value is -1.88. The van der Waals surface area contributed by atoms with Crippen molar-refractivity contribution in [3.05, 3.63) is 41.8 Å². The van der Waals surface area contributed by atoms with Crippen LogP contribution in [0, 0.1) is 5.82 Å². The average Bonchev–Trinajstić information content (AvgIpc) is 2.29. The summed E-state index contributed by atoms with van der Waals surface area (Å²) in [5, 5.41) is 13.2. The lowest BCUT2D eigenvalue weighted by atomic mass is 10.2. The van der Waals surface area contributed by atoms with Crippen LogP contribution in [0.4, 0.5) is 9.18 Å². The molecule has 0 atom stereocenters. The molecule has 0 aliphatic carbocycles. The molecular formula is C11H13FN2O2. The number of amides is 2. The summed E-state index contributed by atoms with van der Waals surface area (Å²) in [6.45, 7) is 0.0593. The van der Waals surface area contributed by atoms with E-state index in [9.17, 15) is 9.18 Å². The quantitative estimate of drug-likeness (QED) is 0.717. The minimum Gasteiger partial charge on any atom is -0.395 e. The van der Waals surface area contributed by atoms with Crippen molar-refractivity contribution in [2.75, 3.05) is 13.2 Å². The van der Waals surface area contributed by atoms with Crippen LogP contribution in [-0.2, 0) is 0 Å². The molecule has 0 fully saturated rings. The highest BCUT2D eigenvalue weighted by atomic mass is 19.1. The van der Waals surface area contributed by atoms with Gasteiger partial charge in [0.25, 0.3) is 0 Å². The minimum atomic E-state index is -0.443. The Morgan fingerprint density at radius 2 is 2.19 bits per heavy atom. The van der Waals surface area contributed by atoms with Crippen LogP contribution in [0.1, 0.15) is 5.56 Å². The first-order chi connectivity index (χ1) is 7.74. The van der Waals surface area contributed by atoms with E-state index in [1.54, 1.807) is 18.2 Å². The molecule has 0 saturated heterocycles. The smallest absolute Gasteiger partial charge is 0.318 e. The van der Waals surface area contributed by atoms with Crippen molar-refractivity contribution in [3.63, 3.8) is 0 Å². The van der Waals surface area contributed by atoms with E-state index in [2.05, 4.69) is 10.6 Å². The highest BCUT2D eigenvalue weighted by molar-refractivity contribution is 5.75. The van der Waals surface area contributed by atoms with Crippen molar-refractivity contribution >= 4 is 12.1 Å². The Labute approximate surface area is 92.8 Å². The third-order valence-corrected chi connectivity index (χ3v) is 1.78. The molecule has 0 unspecified atom stereocenters. The highest BCUT2D eigenvalue weighted by Gasteiger charge is 1.96. The molecule has 4 nitrogen and oxygen atoms in total. The predicted octanol–water partition coefficient (Wildman–Crippen LogP) is 1.09. The molecular weight excluding hydrogens is 211 g/mol. The van der Waals surface area contributed by atoms with E-state index in [0.717, 1.165) is 0 Å². The number of hydrogen-bond acceptors (Lipinski definition) is 2. The second-order valence-corrected chi connectivity index (χ2v) is 2.98. The fourth-order valence-electron chi connectivity index (χ4n) is 1.04. The van der Waals surface area contributed by atoms with E-state index in [1.807, 2.05) is 0 Å². The molecule has 3 N–H and O–H groups in total. The Kier molecular flexibility index (Phi) is 5.01. The summed E-state index contributed by atoms with van der Waals surface area (Å²) in [6, 6.07) is 5.79. The van der Waals surface area contributed by atoms with E-state index < -0.39 is 6.03 Å². The van der Waals surface area contributed by atoms with Crippen LogP contribution in [0.25, 0.3) is 6.08 Å². The summed E-state index contributed by atoms with van der Waals surface area (Å²) >= 11 is 0. The van der Waals surface area contributed by atoms with Crippen LogP contribution >= 0.6 is 0 Å². The molecule has 16 heavy (non-hydrogen) atoms. The molecule has 1 aromatic rings. The average molecular weight is 224 g/mol. The molecule has 0 heterocycles. The van der Waals surface area contributed by atoms with Gasteiger partial charge < -0.3 is 15.7 Å². The van der Waals surface area contributed by atoms with Gasteiger partial charge in [0.15, 0.2) is 0 Å². The van der Waals surface area contributed by atoms with Crippen molar-refractivity contribution < 1.29 is 14.3 Å². The Bertz CT molecular complexity index is 380. The van der Waals surface area contributed by atoms with Crippen molar-refractivity contribution in [2.45, 2.75) is 0 Å². The minimum absolute atomic E-state index is 0.121. The number of rotatable bonds is 4. The van der Waals surface area contributed by atoms with E-state index in [0.29, 0.717) is 5.56 Å². The largest absolute Gasteiger partial charge is 0.395 e. The lowest BCUT2D eigenvalue weighted by Gasteiger charge is -2.01. The van der Waals surface area contributed by atoms with Gasteiger partial charge in [-0.05, 0) is 12.1 Å². The van der Waals surface area contributed by atoms with Gasteiger partial charge in [-0.25, -0.2) is 9.18 Å². The molecule has 0 aliphatic rings. The van der Waals surface area contributed by atoms with Gasteiger partial charge in [-0.3, -0.25) is 0 Å². The predicted molar refractivity (Wildman–Crippen MR) is 59.1 cm³/mol. The summed E-state index contributed by atoms with van der Waals surface area (Å²) in [6.07, 6.45) is 2.79. The van der Waals surface area contributed by atoms with E-state index in [-0.39, 0.29) is 19.0 Å². The number of aliphatic hydroxyl groups is 1. The zero-order valence-electron chi connectivity index (χ0n) is 8.61. The van der Waals surface area contributed by atoms with Gasteiger partial charge in [0.05, 0.1) is 6.61 Å². The zero-order valence-corrected chi connectivity index (χ0v) is 8.61.